The van der Waals surface area contributed by atoms with Crippen LogP contribution in [0.5, 0.6) is 6.01 Å². The van der Waals surface area contributed by atoms with Crippen molar-refractivity contribution in [2.45, 2.75) is 43.4 Å². The van der Waals surface area contributed by atoms with E-state index in [1.165, 1.54) is 6.07 Å². The highest BCUT2D eigenvalue weighted by molar-refractivity contribution is 7.22. The Kier molecular flexibility index (Phi) is 7.11. The lowest BCUT2D eigenvalue weighted by molar-refractivity contribution is 0.107. The smallest absolute Gasteiger partial charge is 0.319 e. The van der Waals surface area contributed by atoms with Crippen molar-refractivity contribution in [1.82, 2.24) is 30.2 Å². The van der Waals surface area contributed by atoms with E-state index in [0.29, 0.717) is 89.6 Å². The summed E-state index contributed by atoms with van der Waals surface area (Å²) >= 11 is 1.10. The first kappa shape index (κ1) is 27.9. The van der Waals surface area contributed by atoms with Gasteiger partial charge in [0, 0.05) is 56.8 Å². The Balaban J connectivity index is 1.34. The molecule has 4 N–H and O–H groups in total. The van der Waals surface area contributed by atoms with E-state index in [0.717, 1.165) is 30.7 Å². The normalized spacial score (nSPS) is 24.0. The van der Waals surface area contributed by atoms with Crippen LogP contribution < -0.4 is 26.0 Å². The topological polar surface area (TPSA) is 141 Å². The fourth-order valence-corrected chi connectivity index (χ4v) is 7.59. The van der Waals surface area contributed by atoms with E-state index in [1.807, 2.05) is 6.07 Å². The number of pyridine rings is 1. The number of fused-ring (bicyclic) bond motifs is 3. The van der Waals surface area contributed by atoms with Crippen LogP contribution in [0.1, 0.15) is 25.7 Å². The van der Waals surface area contributed by atoms with Crippen LogP contribution in [0.3, 0.4) is 0 Å². The number of benzene rings is 1. The number of piperazine rings is 1. The van der Waals surface area contributed by atoms with Gasteiger partial charge in [0.15, 0.2) is 10.9 Å². The van der Waals surface area contributed by atoms with E-state index in [-0.39, 0.29) is 28.5 Å². The molecule has 0 bridgehead atoms. The molecule has 7 rings (SSSR count). The summed E-state index contributed by atoms with van der Waals surface area (Å²) in [5.74, 6) is 0.765. The zero-order valence-electron chi connectivity index (χ0n) is 23.7. The first-order valence-electron chi connectivity index (χ1n) is 14.5. The molecule has 43 heavy (non-hydrogen) atoms. The molecule has 3 fully saturated rings. The Morgan fingerprint density at radius 2 is 2.09 bits per heavy atom. The van der Waals surface area contributed by atoms with Crippen molar-refractivity contribution in [3.05, 3.63) is 24.0 Å². The molecule has 3 atom stereocenters. The van der Waals surface area contributed by atoms with E-state index in [4.69, 9.17) is 25.4 Å². The Morgan fingerprint density at radius 1 is 1.21 bits per heavy atom. The van der Waals surface area contributed by atoms with Gasteiger partial charge in [-0.05, 0) is 37.6 Å². The zero-order chi connectivity index (χ0) is 29.7. The summed E-state index contributed by atoms with van der Waals surface area (Å²) in [6, 6.07) is 7.38. The average molecular weight is 607 g/mol. The highest BCUT2D eigenvalue weighted by Crippen LogP contribution is 2.42. The van der Waals surface area contributed by atoms with E-state index in [1.54, 1.807) is 13.1 Å². The lowest BCUT2D eigenvalue weighted by atomic mass is 9.95. The minimum atomic E-state index is -0.867. The third-order valence-electron chi connectivity index (χ3n) is 8.79. The van der Waals surface area contributed by atoms with Crippen molar-refractivity contribution in [2.75, 3.05) is 62.3 Å². The molecule has 3 aliphatic rings. The molecule has 3 saturated heterocycles. The van der Waals surface area contributed by atoms with Crippen LogP contribution in [0.2, 0.25) is 0 Å². The summed E-state index contributed by atoms with van der Waals surface area (Å²) in [6.07, 6.45) is 1.82. The third-order valence-corrected chi connectivity index (χ3v) is 9.69. The Hall–Kier alpha value is -3.93. The molecule has 1 aromatic carbocycles. The lowest BCUT2D eigenvalue weighted by Gasteiger charge is -2.34. The number of nitriles is 1. The van der Waals surface area contributed by atoms with Crippen LogP contribution in [0, 0.1) is 17.1 Å². The summed E-state index contributed by atoms with van der Waals surface area (Å²) in [6.45, 7) is 3.49. The van der Waals surface area contributed by atoms with Crippen molar-refractivity contribution in [3.8, 4) is 23.2 Å². The molecular weight excluding hydrogens is 574 g/mol. The second kappa shape index (κ2) is 11.0. The fraction of sp³-hybridized carbons (Fsp3) is 0.483. The SMILES string of the molecule is CNc1nc2c(N3CCN[C@@H](CC#N)C3)nc(OC[C@@]34CCCN3C[C@H](F)C4)nc2cc1-c1ccc(F)c2sc(N)nc12. The molecule has 0 saturated carbocycles. The largest absolute Gasteiger partial charge is 0.461 e. The maximum Gasteiger partial charge on any atom is 0.319 e. The van der Waals surface area contributed by atoms with Crippen LogP contribution in [0.15, 0.2) is 18.2 Å². The molecule has 11 nitrogen and oxygen atoms in total. The Labute approximate surface area is 251 Å². The van der Waals surface area contributed by atoms with Gasteiger partial charge >= 0.3 is 6.01 Å². The third kappa shape index (κ3) is 4.95. The van der Waals surface area contributed by atoms with Gasteiger partial charge in [0.25, 0.3) is 0 Å². The molecule has 0 aliphatic carbocycles. The summed E-state index contributed by atoms with van der Waals surface area (Å²) in [5.41, 5.74) is 8.53. The number of alkyl halides is 1. The first-order valence-corrected chi connectivity index (χ1v) is 15.3. The predicted octanol–water partition coefficient (Wildman–Crippen LogP) is 3.71. The van der Waals surface area contributed by atoms with E-state index in [9.17, 15) is 14.0 Å². The standard InChI is InChI=1S/C29H32F2N10OS/c1-34-25-19(18-3-4-20(31)24-22(18)38-27(33)43-24)11-21-23(37-25)26(40-10-8-35-17(14-40)5-7-32)39-28(36-21)42-15-29-6-2-9-41(29)13-16(30)12-29/h3-4,11,16-17,35H,2,5-6,8-10,12-15H2,1H3,(H2,33,38)(H,34,37)/t16-,17+,29+/m1/s1. The molecule has 0 unspecified atom stereocenters. The number of nitrogens with one attached hydrogen (secondary N) is 2. The molecule has 6 heterocycles. The van der Waals surface area contributed by atoms with Crippen LogP contribution in [0.4, 0.5) is 25.5 Å². The summed E-state index contributed by atoms with van der Waals surface area (Å²) in [7, 11) is 1.77. The highest BCUT2D eigenvalue weighted by Gasteiger charge is 2.49. The lowest BCUT2D eigenvalue weighted by Crippen LogP contribution is -2.51. The second-order valence-corrected chi connectivity index (χ2v) is 12.5. The van der Waals surface area contributed by atoms with Gasteiger partial charge in [-0.1, -0.05) is 11.3 Å². The van der Waals surface area contributed by atoms with E-state index >= 15 is 0 Å². The number of anilines is 3. The van der Waals surface area contributed by atoms with Crippen LogP contribution >= 0.6 is 11.3 Å². The number of aromatic nitrogens is 4. The zero-order valence-corrected chi connectivity index (χ0v) is 24.6. The van der Waals surface area contributed by atoms with Gasteiger partial charge in [-0.3, -0.25) is 4.90 Å². The molecule has 3 aliphatic heterocycles. The number of nitrogens with zero attached hydrogens (tertiary/aromatic N) is 7. The maximum absolute atomic E-state index is 14.6. The molecule has 14 heteroatoms. The van der Waals surface area contributed by atoms with E-state index in [2.05, 4.69) is 31.5 Å². The highest BCUT2D eigenvalue weighted by atomic mass is 32.1. The van der Waals surface area contributed by atoms with Crippen molar-refractivity contribution in [1.29, 1.82) is 5.26 Å². The van der Waals surface area contributed by atoms with Gasteiger partial charge in [0.2, 0.25) is 0 Å². The summed E-state index contributed by atoms with van der Waals surface area (Å²) in [4.78, 5) is 23.3. The van der Waals surface area contributed by atoms with E-state index < -0.39 is 6.17 Å². The molecule has 224 valence electrons. The number of ether oxygens (including phenoxy) is 1. The Bertz CT molecular complexity index is 1740. The van der Waals surface area contributed by atoms with Crippen LogP contribution in [0.25, 0.3) is 32.4 Å². The van der Waals surface area contributed by atoms with Gasteiger partial charge in [-0.25, -0.2) is 18.7 Å². The van der Waals surface area contributed by atoms with Gasteiger partial charge in [0.1, 0.15) is 29.9 Å². The van der Waals surface area contributed by atoms with Gasteiger partial charge in [-0.2, -0.15) is 15.2 Å². The van der Waals surface area contributed by atoms with Crippen LogP contribution in [-0.2, 0) is 0 Å². The number of hydrogen-bond donors (Lipinski definition) is 3. The first-order chi connectivity index (χ1) is 20.9. The molecule has 0 radical (unpaired) electrons. The summed E-state index contributed by atoms with van der Waals surface area (Å²) < 4.78 is 35.8. The minimum Gasteiger partial charge on any atom is -0.461 e. The second-order valence-electron chi connectivity index (χ2n) is 11.5. The van der Waals surface area contributed by atoms with Gasteiger partial charge in [-0.15, -0.1) is 0 Å². The quantitative estimate of drug-likeness (QED) is 0.284. The number of halogens is 2. The maximum atomic E-state index is 14.6. The predicted molar refractivity (Wildman–Crippen MR) is 163 cm³/mol. The molecule has 4 aromatic rings. The van der Waals surface area contributed by atoms with Crippen molar-refractivity contribution in [2.24, 2.45) is 0 Å². The van der Waals surface area contributed by atoms with Crippen molar-refractivity contribution >= 4 is 49.4 Å². The molecular formula is C29H32F2N10OS. The van der Waals surface area contributed by atoms with Crippen molar-refractivity contribution in [3.63, 3.8) is 0 Å². The number of hydrogen-bond acceptors (Lipinski definition) is 12. The monoisotopic (exact) mass is 606 g/mol. The van der Waals surface area contributed by atoms with Crippen LogP contribution in [-0.4, -0.2) is 89.0 Å². The molecule has 0 spiro atoms. The van der Waals surface area contributed by atoms with Gasteiger partial charge in [0.05, 0.1) is 33.8 Å². The number of nitrogens with two attached hydrogens (primary N) is 1. The Morgan fingerprint density at radius 3 is 2.93 bits per heavy atom. The fourth-order valence-electron chi connectivity index (χ4n) is 6.83. The molecule has 3 aromatic heterocycles. The number of thiazole rings is 1. The number of rotatable bonds is 7. The number of nitrogen functional groups attached to an aromatic ring is 1. The van der Waals surface area contributed by atoms with Gasteiger partial charge < -0.3 is 26.0 Å². The molecule has 0 amide bonds. The average Bonchev–Trinajstić information content (AvgIpc) is 3.67. The van der Waals surface area contributed by atoms with Crippen molar-refractivity contribution < 1.29 is 13.5 Å². The minimum absolute atomic E-state index is 0.0234. The summed E-state index contributed by atoms with van der Waals surface area (Å²) in [5, 5.41) is 16.2.